The van der Waals surface area contributed by atoms with Crippen molar-refractivity contribution in [3.8, 4) is 0 Å². The lowest BCUT2D eigenvalue weighted by molar-refractivity contribution is 0.103. The van der Waals surface area contributed by atoms with Crippen LogP contribution in [0, 0.1) is 11.6 Å². The first kappa shape index (κ1) is 12.5. The van der Waals surface area contributed by atoms with Gasteiger partial charge in [-0.3, -0.25) is 4.79 Å². The van der Waals surface area contributed by atoms with Crippen LogP contribution < -0.4 is 0 Å². The number of halogens is 2. The molecule has 3 rings (SSSR count). The van der Waals surface area contributed by atoms with Gasteiger partial charge in [0.05, 0.1) is 5.56 Å². The van der Waals surface area contributed by atoms with Gasteiger partial charge in [0.15, 0.2) is 5.78 Å². The smallest absolute Gasteiger partial charge is 0.196 e. The van der Waals surface area contributed by atoms with Gasteiger partial charge in [0, 0.05) is 5.56 Å². The number of hydrogen-bond acceptors (Lipinski definition) is 1. The zero-order valence-corrected chi connectivity index (χ0v) is 10.4. The highest BCUT2D eigenvalue weighted by molar-refractivity contribution is 6.16. The standard InChI is InChI=1S/C17H10F2O/c18-12-8-9-16(19)15(10-12)17(20)14-7-3-5-11-4-1-2-6-13(11)14/h1-10H. The van der Waals surface area contributed by atoms with E-state index >= 15 is 0 Å². The molecule has 3 aromatic rings. The highest BCUT2D eigenvalue weighted by Crippen LogP contribution is 2.22. The first-order valence-corrected chi connectivity index (χ1v) is 6.14. The van der Waals surface area contributed by atoms with Crippen molar-refractivity contribution in [1.82, 2.24) is 0 Å². The van der Waals surface area contributed by atoms with Crippen LogP contribution in [-0.4, -0.2) is 5.78 Å². The molecular weight excluding hydrogens is 258 g/mol. The van der Waals surface area contributed by atoms with E-state index in [1.165, 1.54) is 0 Å². The minimum atomic E-state index is -0.718. The van der Waals surface area contributed by atoms with Gasteiger partial charge in [0.25, 0.3) is 0 Å². The van der Waals surface area contributed by atoms with Gasteiger partial charge in [-0.25, -0.2) is 8.78 Å². The van der Waals surface area contributed by atoms with E-state index in [-0.39, 0.29) is 5.56 Å². The average Bonchev–Trinajstić information content (AvgIpc) is 2.48. The van der Waals surface area contributed by atoms with Gasteiger partial charge in [-0.05, 0) is 29.0 Å². The largest absolute Gasteiger partial charge is 0.288 e. The fourth-order valence-electron chi connectivity index (χ4n) is 2.24. The summed E-state index contributed by atoms with van der Waals surface area (Å²) in [5, 5.41) is 1.61. The molecule has 0 saturated carbocycles. The third-order valence-electron chi connectivity index (χ3n) is 3.21. The van der Waals surface area contributed by atoms with Crippen LogP contribution in [0.1, 0.15) is 15.9 Å². The van der Waals surface area contributed by atoms with Crippen molar-refractivity contribution in [3.63, 3.8) is 0 Å². The average molecular weight is 268 g/mol. The predicted molar refractivity (Wildman–Crippen MR) is 73.7 cm³/mol. The van der Waals surface area contributed by atoms with Crippen molar-refractivity contribution in [1.29, 1.82) is 0 Å². The minimum absolute atomic E-state index is 0.249. The van der Waals surface area contributed by atoms with Crippen molar-refractivity contribution >= 4 is 16.6 Å². The van der Waals surface area contributed by atoms with Crippen molar-refractivity contribution in [2.24, 2.45) is 0 Å². The van der Waals surface area contributed by atoms with Crippen LogP contribution in [0.4, 0.5) is 8.78 Å². The van der Waals surface area contributed by atoms with Crippen molar-refractivity contribution < 1.29 is 13.6 Å². The second kappa shape index (κ2) is 4.85. The molecule has 0 aromatic heterocycles. The molecule has 20 heavy (non-hydrogen) atoms. The van der Waals surface area contributed by atoms with Crippen molar-refractivity contribution in [3.05, 3.63) is 83.4 Å². The van der Waals surface area contributed by atoms with Gasteiger partial charge >= 0.3 is 0 Å². The third kappa shape index (κ3) is 2.07. The summed E-state index contributed by atoms with van der Waals surface area (Å²) in [6.45, 7) is 0. The molecule has 3 aromatic carbocycles. The first-order chi connectivity index (χ1) is 9.66. The molecule has 0 aliphatic rings. The van der Waals surface area contributed by atoms with E-state index < -0.39 is 17.4 Å². The maximum Gasteiger partial charge on any atom is 0.196 e. The van der Waals surface area contributed by atoms with Crippen molar-refractivity contribution in [2.45, 2.75) is 0 Å². The van der Waals surface area contributed by atoms with Crippen LogP contribution in [-0.2, 0) is 0 Å². The van der Waals surface area contributed by atoms with Gasteiger partial charge in [-0.2, -0.15) is 0 Å². The van der Waals surface area contributed by atoms with Gasteiger partial charge in [0.1, 0.15) is 11.6 Å². The number of hydrogen-bond donors (Lipinski definition) is 0. The maximum atomic E-state index is 13.7. The summed E-state index contributed by atoms with van der Waals surface area (Å²) >= 11 is 0. The zero-order chi connectivity index (χ0) is 14.1. The van der Waals surface area contributed by atoms with Gasteiger partial charge < -0.3 is 0 Å². The van der Waals surface area contributed by atoms with Crippen LogP contribution in [0.3, 0.4) is 0 Å². The normalized spacial score (nSPS) is 10.7. The molecular formula is C17H10F2O. The van der Waals surface area contributed by atoms with Crippen LogP contribution >= 0.6 is 0 Å². The molecule has 3 heteroatoms. The Morgan fingerprint density at radius 1 is 0.800 bits per heavy atom. The summed E-state index contributed by atoms with van der Waals surface area (Å²) in [4.78, 5) is 12.4. The Bertz CT molecular complexity index is 804. The van der Waals surface area contributed by atoms with E-state index in [1.807, 2.05) is 18.2 Å². The summed E-state index contributed by atoms with van der Waals surface area (Å²) in [7, 11) is 0. The van der Waals surface area contributed by atoms with E-state index in [9.17, 15) is 13.6 Å². The summed E-state index contributed by atoms with van der Waals surface area (Å²) in [5.74, 6) is -1.86. The molecule has 0 amide bonds. The van der Waals surface area contributed by atoms with E-state index in [0.717, 1.165) is 29.0 Å². The monoisotopic (exact) mass is 268 g/mol. The van der Waals surface area contributed by atoms with E-state index in [1.54, 1.807) is 24.3 Å². The molecule has 98 valence electrons. The van der Waals surface area contributed by atoms with Crippen LogP contribution in [0.25, 0.3) is 10.8 Å². The lowest BCUT2D eigenvalue weighted by Crippen LogP contribution is -2.05. The Morgan fingerprint density at radius 3 is 2.40 bits per heavy atom. The van der Waals surface area contributed by atoms with E-state index in [4.69, 9.17) is 0 Å². The fourth-order valence-corrected chi connectivity index (χ4v) is 2.24. The van der Waals surface area contributed by atoms with Gasteiger partial charge in [0.2, 0.25) is 0 Å². The molecule has 0 aliphatic heterocycles. The molecule has 0 saturated heterocycles. The summed E-state index contributed by atoms with van der Waals surface area (Å²) in [6, 6.07) is 15.4. The number of carbonyl (C=O) groups excluding carboxylic acids is 1. The number of rotatable bonds is 2. The third-order valence-corrected chi connectivity index (χ3v) is 3.21. The van der Waals surface area contributed by atoms with Crippen LogP contribution in [0.15, 0.2) is 60.7 Å². The summed E-state index contributed by atoms with van der Waals surface area (Å²) < 4.78 is 26.9. The molecule has 0 N–H and O–H groups in total. The fraction of sp³-hybridized carbons (Fsp3) is 0. The Labute approximate surface area is 114 Å². The quantitative estimate of drug-likeness (QED) is 0.631. The summed E-state index contributed by atoms with van der Waals surface area (Å²) in [5.41, 5.74) is 0.119. The second-order valence-corrected chi connectivity index (χ2v) is 4.48. The molecule has 0 bridgehead atoms. The Hall–Kier alpha value is -2.55. The van der Waals surface area contributed by atoms with E-state index in [2.05, 4.69) is 0 Å². The van der Waals surface area contributed by atoms with Crippen molar-refractivity contribution in [2.75, 3.05) is 0 Å². The highest BCUT2D eigenvalue weighted by atomic mass is 19.1. The first-order valence-electron chi connectivity index (χ1n) is 6.14. The molecule has 1 nitrogen and oxygen atoms in total. The Kier molecular flexibility index (Phi) is 3.03. The Balaban J connectivity index is 2.20. The molecule has 0 atom stereocenters. The maximum absolute atomic E-state index is 13.7. The van der Waals surface area contributed by atoms with Gasteiger partial charge in [-0.15, -0.1) is 0 Å². The number of benzene rings is 3. The molecule has 0 spiro atoms. The highest BCUT2D eigenvalue weighted by Gasteiger charge is 2.16. The zero-order valence-electron chi connectivity index (χ0n) is 10.4. The number of fused-ring (bicyclic) bond motifs is 1. The molecule has 0 fully saturated rings. The molecule has 0 heterocycles. The molecule has 0 aliphatic carbocycles. The van der Waals surface area contributed by atoms with Gasteiger partial charge in [-0.1, -0.05) is 42.5 Å². The summed E-state index contributed by atoms with van der Waals surface area (Å²) in [6.07, 6.45) is 0. The Morgan fingerprint density at radius 2 is 1.55 bits per heavy atom. The number of carbonyl (C=O) groups is 1. The number of ketones is 1. The topological polar surface area (TPSA) is 17.1 Å². The minimum Gasteiger partial charge on any atom is -0.288 e. The van der Waals surface area contributed by atoms with E-state index in [0.29, 0.717) is 5.56 Å². The van der Waals surface area contributed by atoms with Crippen LogP contribution in [0.5, 0.6) is 0 Å². The SMILES string of the molecule is O=C(c1cc(F)ccc1F)c1cccc2ccccc12. The lowest BCUT2D eigenvalue weighted by atomic mass is 9.97. The molecule has 0 radical (unpaired) electrons. The second-order valence-electron chi connectivity index (χ2n) is 4.48. The van der Waals surface area contributed by atoms with Crippen LogP contribution in [0.2, 0.25) is 0 Å². The lowest BCUT2D eigenvalue weighted by Gasteiger charge is -2.07. The molecule has 0 unspecified atom stereocenters. The predicted octanol–water partition coefficient (Wildman–Crippen LogP) is 4.35.